The molecule has 3 rings (SSSR count). The lowest BCUT2D eigenvalue weighted by Gasteiger charge is -2.21. The van der Waals surface area contributed by atoms with Crippen LogP contribution in [0.25, 0.3) is 0 Å². The summed E-state index contributed by atoms with van der Waals surface area (Å²) in [6, 6.07) is 1.19. The number of hydrogen-bond acceptors (Lipinski definition) is 8. The predicted molar refractivity (Wildman–Crippen MR) is 77.0 cm³/mol. The van der Waals surface area contributed by atoms with E-state index in [0.717, 1.165) is 11.8 Å². The molecule has 1 aromatic rings. The third-order valence-electron chi connectivity index (χ3n) is 3.27. The minimum Gasteiger partial charge on any atom is -0.348 e. The third-order valence-corrected chi connectivity index (χ3v) is 5.56. The van der Waals surface area contributed by atoms with Crippen molar-refractivity contribution in [2.24, 2.45) is 0 Å². The second kappa shape index (κ2) is 6.29. The van der Waals surface area contributed by atoms with Crippen LogP contribution in [0, 0.1) is 0 Å². The zero-order valence-corrected chi connectivity index (χ0v) is 14.2. The SMILES string of the molecule is O=c1ccn2c(n1)S[C@H]1[C@H](OP(=O)(O)O)[C@@H](COP(=O)(O)O)O[C@H]12. The Balaban J connectivity index is 1.86. The average molecular weight is 402 g/mol. The minimum atomic E-state index is -4.91. The summed E-state index contributed by atoms with van der Waals surface area (Å²) in [4.78, 5) is 50.7. The number of ether oxygens (including phenoxy) is 1. The standard InChI is InChI=1S/C9H12N2O10P2S/c12-5-1-2-11-8-7(24-9(11)10-5)6(21-23(16,17)18)4(20-8)3-19-22(13,14)15/h1-2,4,6-8H,3H2,(H2,13,14,15)(H2,16,17,18)/t4-,6-,7+,8-/m1/s1. The van der Waals surface area contributed by atoms with E-state index in [9.17, 15) is 13.9 Å². The van der Waals surface area contributed by atoms with E-state index in [1.165, 1.54) is 16.8 Å². The Kier molecular flexibility index (Phi) is 4.77. The molecule has 1 fully saturated rings. The summed E-state index contributed by atoms with van der Waals surface area (Å²) in [5.74, 6) is 0. The molecule has 0 radical (unpaired) electrons. The van der Waals surface area contributed by atoms with Crippen molar-refractivity contribution in [1.29, 1.82) is 0 Å². The van der Waals surface area contributed by atoms with E-state index in [1.807, 2.05) is 0 Å². The number of nitrogens with zero attached hydrogens (tertiary/aromatic N) is 2. The van der Waals surface area contributed by atoms with Gasteiger partial charge in [0.25, 0.3) is 5.56 Å². The van der Waals surface area contributed by atoms with Crippen LogP contribution in [0.5, 0.6) is 0 Å². The van der Waals surface area contributed by atoms with Gasteiger partial charge in [-0.3, -0.25) is 18.4 Å². The van der Waals surface area contributed by atoms with Crippen molar-refractivity contribution < 1.29 is 42.5 Å². The molecule has 2 aliphatic rings. The largest absolute Gasteiger partial charge is 0.469 e. The number of phosphoric acid groups is 2. The van der Waals surface area contributed by atoms with Gasteiger partial charge in [0.1, 0.15) is 12.2 Å². The quantitative estimate of drug-likeness (QED) is 0.357. The van der Waals surface area contributed by atoms with Crippen molar-refractivity contribution in [3.63, 3.8) is 0 Å². The van der Waals surface area contributed by atoms with Crippen molar-refractivity contribution in [3.05, 3.63) is 22.6 Å². The maximum absolute atomic E-state index is 11.3. The van der Waals surface area contributed by atoms with Gasteiger partial charge < -0.3 is 24.3 Å². The molecule has 0 aliphatic carbocycles. The van der Waals surface area contributed by atoms with Crippen molar-refractivity contribution in [1.82, 2.24) is 9.55 Å². The van der Waals surface area contributed by atoms with Gasteiger partial charge >= 0.3 is 15.6 Å². The van der Waals surface area contributed by atoms with Gasteiger partial charge in [-0.25, -0.2) is 9.13 Å². The first-order valence-electron chi connectivity index (χ1n) is 6.39. The molecule has 1 saturated heterocycles. The van der Waals surface area contributed by atoms with Gasteiger partial charge in [0, 0.05) is 12.3 Å². The zero-order chi connectivity index (χ0) is 17.7. The Hall–Kier alpha value is -0.590. The number of rotatable bonds is 5. The number of hydrogen-bond donors (Lipinski definition) is 4. The first-order chi connectivity index (χ1) is 11.0. The fraction of sp³-hybridized carbons (Fsp3) is 0.556. The first-order valence-corrected chi connectivity index (χ1v) is 10.3. The van der Waals surface area contributed by atoms with Crippen molar-refractivity contribution in [3.8, 4) is 0 Å². The lowest BCUT2D eigenvalue weighted by Crippen LogP contribution is -2.33. The Morgan fingerprint density at radius 1 is 1.29 bits per heavy atom. The Morgan fingerprint density at radius 2 is 2.00 bits per heavy atom. The summed E-state index contributed by atoms with van der Waals surface area (Å²) in [5, 5.41) is -0.400. The van der Waals surface area contributed by atoms with Crippen molar-refractivity contribution >= 4 is 27.4 Å². The van der Waals surface area contributed by atoms with Crippen LogP contribution >= 0.6 is 27.4 Å². The number of thioether (sulfide) groups is 1. The highest BCUT2D eigenvalue weighted by Gasteiger charge is 2.53. The fourth-order valence-corrected chi connectivity index (χ4v) is 4.80. The molecule has 4 N–H and O–H groups in total. The maximum atomic E-state index is 11.3. The highest BCUT2D eigenvalue weighted by molar-refractivity contribution is 8.00. The van der Waals surface area contributed by atoms with Crippen LogP contribution in [0.3, 0.4) is 0 Å². The minimum absolute atomic E-state index is 0.283. The molecule has 0 amide bonds. The van der Waals surface area contributed by atoms with Gasteiger partial charge in [0.2, 0.25) is 0 Å². The molecule has 0 aromatic carbocycles. The Bertz CT molecular complexity index is 789. The molecule has 0 saturated carbocycles. The van der Waals surface area contributed by atoms with Crippen LogP contribution in [0.1, 0.15) is 6.23 Å². The van der Waals surface area contributed by atoms with Crippen LogP contribution in [-0.2, 0) is 22.9 Å². The van der Waals surface area contributed by atoms with E-state index < -0.39 is 51.5 Å². The van der Waals surface area contributed by atoms with E-state index in [-0.39, 0.29) is 5.16 Å². The van der Waals surface area contributed by atoms with Gasteiger partial charge in [0.05, 0.1) is 11.9 Å². The summed E-state index contributed by atoms with van der Waals surface area (Å²) < 4.78 is 38.1. The van der Waals surface area contributed by atoms with Crippen molar-refractivity contribution in [2.45, 2.75) is 28.8 Å². The summed E-state index contributed by atoms with van der Waals surface area (Å²) in [6.45, 7) is -0.633. The van der Waals surface area contributed by atoms with Gasteiger partial charge in [0.15, 0.2) is 11.4 Å². The molecule has 12 nitrogen and oxygen atoms in total. The molecule has 134 valence electrons. The summed E-state index contributed by atoms with van der Waals surface area (Å²) >= 11 is 1.02. The predicted octanol–water partition coefficient (Wildman–Crippen LogP) is -0.798. The molecule has 0 unspecified atom stereocenters. The van der Waals surface area contributed by atoms with Crippen LogP contribution in [0.4, 0.5) is 0 Å². The lowest BCUT2D eigenvalue weighted by molar-refractivity contribution is -0.0451. The monoisotopic (exact) mass is 402 g/mol. The van der Waals surface area contributed by atoms with Gasteiger partial charge in [-0.2, -0.15) is 4.98 Å². The van der Waals surface area contributed by atoms with Crippen LogP contribution < -0.4 is 5.56 Å². The molecule has 0 bridgehead atoms. The van der Waals surface area contributed by atoms with Crippen LogP contribution in [-0.4, -0.2) is 53.2 Å². The molecular formula is C9H12N2O10P2S. The molecule has 4 atom stereocenters. The topological polar surface area (TPSA) is 178 Å². The van der Waals surface area contributed by atoms with Crippen LogP contribution in [0.15, 0.2) is 22.2 Å². The molecule has 2 aliphatic heterocycles. The second-order valence-electron chi connectivity index (χ2n) is 4.95. The molecular weight excluding hydrogens is 390 g/mol. The van der Waals surface area contributed by atoms with Crippen molar-refractivity contribution in [2.75, 3.05) is 6.61 Å². The van der Waals surface area contributed by atoms with Crippen LogP contribution in [0.2, 0.25) is 0 Å². The fourth-order valence-electron chi connectivity index (χ4n) is 2.45. The summed E-state index contributed by atoms with van der Waals surface area (Å²) in [6.07, 6.45) is -1.74. The average Bonchev–Trinajstić information content (AvgIpc) is 2.91. The van der Waals surface area contributed by atoms with E-state index in [1.54, 1.807) is 0 Å². The zero-order valence-electron chi connectivity index (χ0n) is 11.6. The number of fused-ring (bicyclic) bond motifs is 3. The third kappa shape index (κ3) is 3.97. The summed E-state index contributed by atoms with van der Waals surface area (Å²) in [5.41, 5.74) is -0.484. The highest BCUT2D eigenvalue weighted by atomic mass is 32.2. The Labute approximate surface area is 138 Å². The molecule has 15 heteroatoms. The van der Waals surface area contributed by atoms with E-state index in [4.69, 9.17) is 28.8 Å². The van der Waals surface area contributed by atoms with E-state index in [2.05, 4.69) is 9.51 Å². The first kappa shape index (κ1) is 18.2. The van der Waals surface area contributed by atoms with Gasteiger partial charge in [-0.05, 0) is 0 Å². The maximum Gasteiger partial charge on any atom is 0.469 e. The van der Waals surface area contributed by atoms with Gasteiger partial charge in [-0.1, -0.05) is 11.8 Å². The molecule has 0 spiro atoms. The molecule has 3 heterocycles. The normalized spacial score (nSPS) is 29.5. The second-order valence-corrected chi connectivity index (χ2v) is 8.53. The number of aromatic nitrogens is 2. The molecule has 24 heavy (non-hydrogen) atoms. The Morgan fingerprint density at radius 3 is 2.62 bits per heavy atom. The van der Waals surface area contributed by atoms with E-state index in [0.29, 0.717) is 0 Å². The lowest BCUT2D eigenvalue weighted by atomic mass is 10.2. The summed E-state index contributed by atoms with van der Waals surface area (Å²) in [7, 11) is -9.70. The van der Waals surface area contributed by atoms with E-state index >= 15 is 0 Å². The highest BCUT2D eigenvalue weighted by Crippen LogP contribution is 2.52. The van der Waals surface area contributed by atoms with Gasteiger partial charge in [-0.15, -0.1) is 0 Å². The molecule has 1 aromatic heterocycles. The number of phosphoric ester groups is 2. The smallest absolute Gasteiger partial charge is 0.348 e.